The maximum Gasteiger partial charge on any atom is 0.193 e. The lowest BCUT2D eigenvalue weighted by atomic mass is 9.96. The number of halogens is 1. The topological polar surface area (TPSA) is 69.2 Å². The van der Waals surface area contributed by atoms with E-state index in [1.807, 2.05) is 7.05 Å². The highest BCUT2D eigenvalue weighted by Gasteiger charge is 2.24. The number of nitrogens with one attached hydrogen (secondary N) is 2. The number of piperidine rings is 1. The Hall–Kier alpha value is -1.64. The molecule has 0 aliphatic carbocycles. The van der Waals surface area contributed by atoms with Crippen LogP contribution in [0.5, 0.6) is 0 Å². The summed E-state index contributed by atoms with van der Waals surface area (Å²) in [7, 11) is 1.86. The molecule has 136 valence electrons. The van der Waals surface area contributed by atoms with E-state index in [1.165, 1.54) is 11.1 Å². The summed E-state index contributed by atoms with van der Waals surface area (Å²) in [6.45, 7) is 5.01. The third kappa shape index (κ3) is 5.42. The number of aromatic nitrogens is 3. The minimum Gasteiger partial charge on any atom is -0.356 e. The van der Waals surface area contributed by atoms with Crippen molar-refractivity contribution in [2.45, 2.75) is 32.1 Å². The molecule has 0 amide bonds. The number of hydrogen-bond acceptors (Lipinski definition) is 3. The molecule has 1 fully saturated rings. The molecule has 0 spiro atoms. The van der Waals surface area contributed by atoms with Gasteiger partial charge in [-0.3, -0.25) is 10.1 Å². The van der Waals surface area contributed by atoms with Gasteiger partial charge in [-0.25, -0.2) is 4.98 Å². The summed E-state index contributed by atoms with van der Waals surface area (Å²) in [5.41, 5.74) is 2.66. The molecular weight excluding hydrogens is 427 g/mol. The van der Waals surface area contributed by atoms with Crippen LogP contribution < -0.4 is 5.32 Å². The summed E-state index contributed by atoms with van der Waals surface area (Å²) >= 11 is 0. The van der Waals surface area contributed by atoms with Crippen LogP contribution in [0.1, 0.15) is 35.7 Å². The monoisotopic (exact) mass is 454 g/mol. The van der Waals surface area contributed by atoms with E-state index in [0.717, 1.165) is 50.7 Å². The number of aromatic amines is 1. The molecule has 2 heterocycles. The van der Waals surface area contributed by atoms with Gasteiger partial charge in [-0.2, -0.15) is 5.10 Å². The first-order chi connectivity index (χ1) is 11.8. The zero-order chi connectivity index (χ0) is 16.8. The SMILES string of the molecule is CN=C(NCCc1ccc(C)cc1)N1CCC(c2ncn[nH]2)CC1.I. The van der Waals surface area contributed by atoms with Crippen LogP contribution in [0.2, 0.25) is 0 Å². The van der Waals surface area contributed by atoms with E-state index < -0.39 is 0 Å². The molecule has 25 heavy (non-hydrogen) atoms. The number of aliphatic imine (C=N–C) groups is 1. The zero-order valence-corrected chi connectivity index (χ0v) is 17.2. The Morgan fingerprint density at radius 2 is 2.00 bits per heavy atom. The van der Waals surface area contributed by atoms with Crippen molar-refractivity contribution < 1.29 is 0 Å². The van der Waals surface area contributed by atoms with Crippen molar-refractivity contribution in [2.75, 3.05) is 26.7 Å². The van der Waals surface area contributed by atoms with Gasteiger partial charge in [0.25, 0.3) is 0 Å². The molecule has 1 aliphatic rings. The van der Waals surface area contributed by atoms with Crippen molar-refractivity contribution in [1.82, 2.24) is 25.4 Å². The van der Waals surface area contributed by atoms with Crippen molar-refractivity contribution in [3.05, 3.63) is 47.5 Å². The van der Waals surface area contributed by atoms with Gasteiger partial charge in [0.2, 0.25) is 0 Å². The summed E-state index contributed by atoms with van der Waals surface area (Å²) in [5.74, 6) is 2.49. The second-order valence-electron chi connectivity index (χ2n) is 6.34. The first-order valence-corrected chi connectivity index (χ1v) is 8.62. The molecule has 6 nitrogen and oxygen atoms in total. The molecule has 2 aromatic rings. The molecule has 0 saturated carbocycles. The van der Waals surface area contributed by atoms with E-state index in [-0.39, 0.29) is 24.0 Å². The lowest BCUT2D eigenvalue weighted by Gasteiger charge is -2.33. The molecule has 3 rings (SSSR count). The Morgan fingerprint density at radius 1 is 1.28 bits per heavy atom. The van der Waals surface area contributed by atoms with Crippen molar-refractivity contribution in [3.8, 4) is 0 Å². The van der Waals surface area contributed by atoms with E-state index in [9.17, 15) is 0 Å². The second kappa shape index (κ2) is 9.74. The molecule has 1 saturated heterocycles. The molecule has 0 radical (unpaired) electrons. The predicted molar refractivity (Wildman–Crippen MR) is 112 cm³/mol. The normalized spacial score (nSPS) is 15.8. The van der Waals surface area contributed by atoms with Gasteiger partial charge < -0.3 is 10.2 Å². The van der Waals surface area contributed by atoms with E-state index in [0.29, 0.717) is 5.92 Å². The van der Waals surface area contributed by atoms with Crippen molar-refractivity contribution in [2.24, 2.45) is 4.99 Å². The number of aryl methyl sites for hydroxylation is 1. The zero-order valence-electron chi connectivity index (χ0n) is 14.9. The van der Waals surface area contributed by atoms with Crippen LogP contribution in [0.4, 0.5) is 0 Å². The summed E-state index contributed by atoms with van der Waals surface area (Å²) < 4.78 is 0. The first-order valence-electron chi connectivity index (χ1n) is 8.62. The standard InChI is InChI=1S/C18H26N6.HI/c1-14-3-5-15(6-4-14)7-10-20-18(19-2)24-11-8-16(9-12-24)17-21-13-22-23-17;/h3-6,13,16H,7-12H2,1-2H3,(H,19,20)(H,21,22,23);1H. The van der Waals surface area contributed by atoms with Crippen molar-refractivity contribution in [1.29, 1.82) is 0 Å². The third-order valence-corrected chi connectivity index (χ3v) is 4.64. The predicted octanol–water partition coefficient (Wildman–Crippen LogP) is 2.73. The Bertz CT molecular complexity index is 645. The molecule has 1 aliphatic heterocycles. The number of likely N-dealkylation sites (tertiary alicyclic amines) is 1. The Labute approximate surface area is 166 Å². The lowest BCUT2D eigenvalue weighted by molar-refractivity contribution is 0.299. The van der Waals surface area contributed by atoms with Crippen LogP contribution in [0, 0.1) is 6.92 Å². The maximum absolute atomic E-state index is 4.44. The largest absolute Gasteiger partial charge is 0.356 e. The van der Waals surface area contributed by atoms with Crippen molar-refractivity contribution in [3.63, 3.8) is 0 Å². The van der Waals surface area contributed by atoms with Crippen molar-refractivity contribution >= 4 is 29.9 Å². The highest BCUT2D eigenvalue weighted by molar-refractivity contribution is 14.0. The summed E-state index contributed by atoms with van der Waals surface area (Å²) in [5, 5.41) is 10.4. The van der Waals surface area contributed by atoms with Crippen LogP contribution in [-0.4, -0.2) is 52.7 Å². The van der Waals surface area contributed by atoms with Gasteiger partial charge in [-0.1, -0.05) is 29.8 Å². The number of benzene rings is 1. The first kappa shape index (κ1) is 19.7. The average molecular weight is 454 g/mol. The summed E-state index contributed by atoms with van der Waals surface area (Å²) in [6, 6.07) is 8.72. The fourth-order valence-corrected chi connectivity index (χ4v) is 3.18. The Kier molecular flexibility index (Phi) is 7.67. The minimum atomic E-state index is 0. The van der Waals surface area contributed by atoms with E-state index in [2.05, 4.69) is 61.6 Å². The maximum atomic E-state index is 4.44. The van der Waals surface area contributed by atoms with Gasteiger partial charge in [0.05, 0.1) is 0 Å². The number of H-pyrrole nitrogens is 1. The molecule has 2 N–H and O–H groups in total. The number of nitrogens with zero attached hydrogens (tertiary/aromatic N) is 4. The minimum absolute atomic E-state index is 0. The average Bonchev–Trinajstić information content (AvgIpc) is 3.15. The molecule has 7 heteroatoms. The fraction of sp³-hybridized carbons (Fsp3) is 0.500. The lowest BCUT2D eigenvalue weighted by Crippen LogP contribution is -2.45. The molecule has 0 bridgehead atoms. The molecule has 0 atom stereocenters. The highest BCUT2D eigenvalue weighted by atomic mass is 127. The van der Waals surface area contributed by atoms with E-state index in [1.54, 1.807) is 6.33 Å². The van der Waals surface area contributed by atoms with Crippen LogP contribution in [-0.2, 0) is 6.42 Å². The number of rotatable bonds is 4. The molecule has 0 unspecified atom stereocenters. The molecule has 1 aromatic heterocycles. The second-order valence-corrected chi connectivity index (χ2v) is 6.34. The van der Waals surface area contributed by atoms with Gasteiger partial charge in [0.1, 0.15) is 12.2 Å². The van der Waals surface area contributed by atoms with Gasteiger partial charge in [-0.15, -0.1) is 24.0 Å². The smallest absolute Gasteiger partial charge is 0.193 e. The molecule has 1 aromatic carbocycles. The highest BCUT2D eigenvalue weighted by Crippen LogP contribution is 2.24. The van der Waals surface area contributed by atoms with Gasteiger partial charge >= 0.3 is 0 Å². The number of hydrogen-bond donors (Lipinski definition) is 2. The summed E-state index contributed by atoms with van der Waals surface area (Å²) in [6.07, 6.45) is 4.75. The van der Waals surface area contributed by atoms with Crippen LogP contribution in [0.15, 0.2) is 35.6 Å². The van der Waals surface area contributed by atoms with Crippen LogP contribution in [0.3, 0.4) is 0 Å². The summed E-state index contributed by atoms with van der Waals surface area (Å²) in [4.78, 5) is 11.1. The van der Waals surface area contributed by atoms with Gasteiger partial charge in [0, 0.05) is 32.6 Å². The fourth-order valence-electron chi connectivity index (χ4n) is 3.18. The Morgan fingerprint density at radius 3 is 2.60 bits per heavy atom. The van der Waals surface area contributed by atoms with Gasteiger partial charge in [0.15, 0.2) is 5.96 Å². The molecular formula is C18H27IN6. The van der Waals surface area contributed by atoms with Crippen LogP contribution in [0.25, 0.3) is 0 Å². The van der Waals surface area contributed by atoms with Gasteiger partial charge in [-0.05, 0) is 31.7 Å². The third-order valence-electron chi connectivity index (χ3n) is 4.64. The van der Waals surface area contributed by atoms with Crippen LogP contribution >= 0.6 is 24.0 Å². The van der Waals surface area contributed by atoms with E-state index in [4.69, 9.17) is 0 Å². The van der Waals surface area contributed by atoms with E-state index >= 15 is 0 Å². The Balaban J connectivity index is 0.00000225. The number of guanidine groups is 1. The quantitative estimate of drug-likeness (QED) is 0.424.